The van der Waals surface area contributed by atoms with Crippen LogP contribution in [-0.2, 0) is 4.79 Å². The number of thiocarbonyl (C=S) groups is 1. The highest BCUT2D eigenvalue weighted by molar-refractivity contribution is 7.80. The standard InChI is InChI=1S/C18H19N3O4S/c1-2-11-25-15-8-4-3-7-14(15)17(23)20-21-18(26)19-16(22)10-9-13-6-5-12-24-13/h3-10,12H,2,11H2,1H3,(H,20,23)(H2,19,21,22,26)/b10-9+. The molecular weight excluding hydrogens is 354 g/mol. The monoisotopic (exact) mass is 373 g/mol. The van der Waals surface area contributed by atoms with Crippen LogP contribution in [0.1, 0.15) is 29.5 Å². The summed E-state index contributed by atoms with van der Waals surface area (Å²) in [5.41, 5.74) is 5.26. The van der Waals surface area contributed by atoms with Crippen LogP contribution in [-0.4, -0.2) is 23.5 Å². The Balaban J connectivity index is 1.83. The molecule has 0 radical (unpaired) electrons. The van der Waals surface area contributed by atoms with E-state index in [9.17, 15) is 9.59 Å². The van der Waals surface area contributed by atoms with Gasteiger partial charge in [-0.25, -0.2) is 0 Å². The maximum absolute atomic E-state index is 12.2. The zero-order valence-corrected chi connectivity index (χ0v) is 15.0. The van der Waals surface area contributed by atoms with Gasteiger partial charge in [0, 0.05) is 6.08 Å². The summed E-state index contributed by atoms with van der Waals surface area (Å²) in [4.78, 5) is 24.0. The van der Waals surface area contributed by atoms with Crippen LogP contribution in [0.2, 0.25) is 0 Å². The average Bonchev–Trinajstić information content (AvgIpc) is 3.16. The first-order chi connectivity index (χ1) is 12.6. The van der Waals surface area contributed by atoms with Crippen LogP contribution in [0.25, 0.3) is 6.08 Å². The van der Waals surface area contributed by atoms with Gasteiger partial charge in [-0.2, -0.15) is 0 Å². The first kappa shape index (κ1) is 19.2. The van der Waals surface area contributed by atoms with Crippen molar-refractivity contribution >= 4 is 35.2 Å². The first-order valence-corrected chi connectivity index (χ1v) is 8.35. The predicted octanol–water partition coefficient (Wildman–Crippen LogP) is 2.42. The molecule has 1 heterocycles. The minimum Gasteiger partial charge on any atom is -0.493 e. The van der Waals surface area contributed by atoms with Gasteiger partial charge in [-0.05, 0) is 49.0 Å². The third-order valence-electron chi connectivity index (χ3n) is 3.06. The fraction of sp³-hybridized carbons (Fsp3) is 0.167. The van der Waals surface area contributed by atoms with Gasteiger partial charge in [0.2, 0.25) is 5.91 Å². The highest BCUT2D eigenvalue weighted by atomic mass is 32.1. The maximum atomic E-state index is 12.2. The molecule has 136 valence electrons. The fourth-order valence-electron chi connectivity index (χ4n) is 1.90. The van der Waals surface area contributed by atoms with Crippen LogP contribution in [0.3, 0.4) is 0 Å². The first-order valence-electron chi connectivity index (χ1n) is 7.95. The van der Waals surface area contributed by atoms with E-state index in [0.29, 0.717) is 23.7 Å². The van der Waals surface area contributed by atoms with Gasteiger partial charge in [0.1, 0.15) is 11.5 Å². The summed E-state index contributed by atoms with van der Waals surface area (Å²) in [6.07, 6.45) is 5.09. The summed E-state index contributed by atoms with van der Waals surface area (Å²) in [6, 6.07) is 10.3. The van der Waals surface area contributed by atoms with Crippen molar-refractivity contribution in [1.82, 2.24) is 16.2 Å². The van der Waals surface area contributed by atoms with Gasteiger partial charge >= 0.3 is 0 Å². The Labute approximate surface area is 156 Å². The van der Waals surface area contributed by atoms with Gasteiger partial charge in [0.25, 0.3) is 5.91 Å². The molecule has 0 aliphatic carbocycles. The van der Waals surface area contributed by atoms with Crippen LogP contribution in [0.5, 0.6) is 5.75 Å². The Hall–Kier alpha value is -3.13. The number of nitrogens with one attached hydrogen (secondary N) is 3. The lowest BCUT2D eigenvalue weighted by molar-refractivity contribution is -0.115. The number of hydrogen-bond donors (Lipinski definition) is 3. The van der Waals surface area contributed by atoms with Crippen molar-refractivity contribution in [3.8, 4) is 5.75 Å². The number of hydrazine groups is 1. The molecule has 2 amide bonds. The minimum atomic E-state index is -0.458. The largest absolute Gasteiger partial charge is 0.493 e. The Morgan fingerprint density at radius 3 is 2.73 bits per heavy atom. The lowest BCUT2D eigenvalue weighted by Gasteiger charge is -2.12. The summed E-state index contributed by atoms with van der Waals surface area (Å²) in [7, 11) is 0. The Morgan fingerprint density at radius 1 is 1.19 bits per heavy atom. The summed E-state index contributed by atoms with van der Waals surface area (Å²) < 4.78 is 10.6. The summed E-state index contributed by atoms with van der Waals surface area (Å²) in [5.74, 6) is 0.125. The van der Waals surface area contributed by atoms with Crippen LogP contribution in [0.4, 0.5) is 0 Å². The SMILES string of the molecule is CCCOc1ccccc1C(=O)NNC(=S)NC(=O)/C=C/c1ccco1. The second-order valence-corrected chi connectivity index (χ2v) is 5.50. The number of furan rings is 1. The molecule has 0 aliphatic rings. The van der Waals surface area contributed by atoms with E-state index in [1.165, 1.54) is 18.4 Å². The Bertz CT molecular complexity index is 787. The van der Waals surface area contributed by atoms with E-state index in [1.54, 1.807) is 36.4 Å². The van der Waals surface area contributed by atoms with Crippen molar-refractivity contribution in [2.45, 2.75) is 13.3 Å². The van der Waals surface area contributed by atoms with Gasteiger partial charge in [-0.1, -0.05) is 19.1 Å². The fourth-order valence-corrected chi connectivity index (χ4v) is 2.05. The number of hydrogen-bond acceptors (Lipinski definition) is 5. The molecule has 3 N–H and O–H groups in total. The normalized spacial score (nSPS) is 10.3. The minimum absolute atomic E-state index is 0.0422. The zero-order chi connectivity index (χ0) is 18.8. The molecule has 2 aromatic rings. The average molecular weight is 373 g/mol. The van der Waals surface area contributed by atoms with Crippen molar-refractivity contribution in [2.24, 2.45) is 0 Å². The van der Waals surface area contributed by atoms with Gasteiger partial charge in [0.05, 0.1) is 18.4 Å². The third-order valence-corrected chi connectivity index (χ3v) is 3.27. The second-order valence-electron chi connectivity index (χ2n) is 5.09. The van der Waals surface area contributed by atoms with E-state index in [-0.39, 0.29) is 5.11 Å². The van der Waals surface area contributed by atoms with Crippen molar-refractivity contribution in [1.29, 1.82) is 0 Å². The molecule has 1 aromatic heterocycles. The van der Waals surface area contributed by atoms with Gasteiger partial charge in [-0.15, -0.1) is 0 Å². The van der Waals surface area contributed by atoms with E-state index in [2.05, 4.69) is 16.2 Å². The van der Waals surface area contributed by atoms with Crippen molar-refractivity contribution in [3.05, 3.63) is 60.1 Å². The second kappa shape index (κ2) is 10.00. The van der Waals surface area contributed by atoms with E-state index in [1.807, 2.05) is 6.92 Å². The maximum Gasteiger partial charge on any atom is 0.273 e. The van der Waals surface area contributed by atoms with Crippen LogP contribution >= 0.6 is 12.2 Å². The molecule has 0 saturated carbocycles. The summed E-state index contributed by atoms with van der Waals surface area (Å²) in [6.45, 7) is 2.49. The molecule has 0 unspecified atom stereocenters. The number of carbonyl (C=O) groups is 2. The number of amides is 2. The van der Waals surface area contributed by atoms with Crippen molar-refractivity contribution in [2.75, 3.05) is 6.61 Å². The Kier molecular flexibility index (Phi) is 7.38. The number of carbonyl (C=O) groups excluding carboxylic acids is 2. The van der Waals surface area contributed by atoms with Crippen LogP contribution in [0, 0.1) is 0 Å². The summed E-state index contributed by atoms with van der Waals surface area (Å²) in [5, 5.41) is 2.36. The van der Waals surface area contributed by atoms with E-state index < -0.39 is 11.8 Å². The number of rotatable bonds is 6. The zero-order valence-electron chi connectivity index (χ0n) is 14.2. The summed E-state index contributed by atoms with van der Waals surface area (Å²) >= 11 is 4.97. The molecule has 26 heavy (non-hydrogen) atoms. The van der Waals surface area contributed by atoms with Crippen LogP contribution < -0.4 is 20.9 Å². The predicted molar refractivity (Wildman–Crippen MR) is 101 cm³/mol. The molecule has 0 atom stereocenters. The lowest BCUT2D eigenvalue weighted by atomic mass is 10.2. The van der Waals surface area contributed by atoms with Crippen molar-refractivity contribution in [3.63, 3.8) is 0 Å². The molecule has 8 heteroatoms. The molecule has 7 nitrogen and oxygen atoms in total. The molecule has 0 saturated heterocycles. The van der Waals surface area contributed by atoms with E-state index in [0.717, 1.165) is 6.42 Å². The molecular formula is C18H19N3O4S. The quantitative estimate of drug-likeness (QED) is 0.409. The molecule has 0 aliphatic heterocycles. The number of benzene rings is 1. The number of ether oxygens (including phenoxy) is 1. The van der Waals surface area contributed by atoms with Crippen LogP contribution in [0.15, 0.2) is 53.2 Å². The van der Waals surface area contributed by atoms with E-state index in [4.69, 9.17) is 21.4 Å². The van der Waals surface area contributed by atoms with Gasteiger partial charge in [-0.3, -0.25) is 25.8 Å². The smallest absolute Gasteiger partial charge is 0.273 e. The number of para-hydroxylation sites is 1. The van der Waals surface area contributed by atoms with Gasteiger partial charge < -0.3 is 9.15 Å². The van der Waals surface area contributed by atoms with Gasteiger partial charge in [0.15, 0.2) is 5.11 Å². The third kappa shape index (κ3) is 6.06. The van der Waals surface area contributed by atoms with Crippen molar-refractivity contribution < 1.29 is 18.7 Å². The molecule has 1 aromatic carbocycles. The lowest BCUT2D eigenvalue weighted by Crippen LogP contribution is -2.48. The topological polar surface area (TPSA) is 92.6 Å². The highest BCUT2D eigenvalue weighted by Crippen LogP contribution is 2.17. The van der Waals surface area contributed by atoms with E-state index >= 15 is 0 Å². The highest BCUT2D eigenvalue weighted by Gasteiger charge is 2.12. The molecule has 2 rings (SSSR count). The molecule has 0 fully saturated rings. The Morgan fingerprint density at radius 2 is 2.00 bits per heavy atom. The molecule has 0 bridgehead atoms. The molecule has 0 spiro atoms.